The first kappa shape index (κ1) is 36.1. The number of hydrogen-bond donors (Lipinski definition) is 4. The maximum absolute atomic E-state index is 14.2. The quantitative estimate of drug-likeness (QED) is 0.241. The van der Waals surface area contributed by atoms with Gasteiger partial charge in [0.05, 0.1) is 0 Å². The van der Waals surface area contributed by atoms with E-state index < -0.39 is 48.0 Å². The number of aliphatic hydroxyl groups excluding tert-OH is 1. The van der Waals surface area contributed by atoms with Gasteiger partial charge in [0.1, 0.15) is 36.1 Å². The molecule has 4 amide bonds. The predicted molar refractivity (Wildman–Crippen MR) is 180 cm³/mol. The van der Waals surface area contributed by atoms with Gasteiger partial charge >= 0.3 is 0 Å². The molecule has 2 aliphatic rings. The van der Waals surface area contributed by atoms with Crippen molar-refractivity contribution >= 4 is 40.3 Å². The van der Waals surface area contributed by atoms with Crippen molar-refractivity contribution in [2.75, 3.05) is 6.54 Å². The fraction of sp³-hybridized carbons (Fsp3) is 0.639. The summed E-state index contributed by atoms with van der Waals surface area (Å²) in [6.07, 6.45) is 7.00. The fourth-order valence-corrected chi connectivity index (χ4v) is 6.79. The second-order valence-corrected chi connectivity index (χ2v) is 13.2. The van der Waals surface area contributed by atoms with Crippen molar-refractivity contribution in [3.63, 3.8) is 0 Å². The van der Waals surface area contributed by atoms with E-state index in [4.69, 9.17) is 0 Å². The van der Waals surface area contributed by atoms with Crippen LogP contribution in [0.3, 0.4) is 0 Å². The van der Waals surface area contributed by atoms with Gasteiger partial charge in [-0.3, -0.25) is 24.0 Å². The molecule has 11 heteroatoms. The van der Waals surface area contributed by atoms with Crippen molar-refractivity contribution in [3.8, 4) is 0 Å². The molecule has 4 rings (SSSR count). The Balaban J connectivity index is 1.71. The maximum atomic E-state index is 14.2. The largest absolute Gasteiger partial charge is 0.386 e. The second kappa shape index (κ2) is 16.9. The van der Waals surface area contributed by atoms with E-state index in [0.717, 1.165) is 30.2 Å². The van der Waals surface area contributed by atoms with Gasteiger partial charge in [-0.2, -0.15) is 0 Å². The van der Waals surface area contributed by atoms with Crippen LogP contribution >= 0.6 is 0 Å². The molecule has 0 bridgehead atoms. The third-order valence-electron chi connectivity index (χ3n) is 9.84. The van der Waals surface area contributed by atoms with Gasteiger partial charge in [-0.15, -0.1) is 0 Å². The Morgan fingerprint density at radius 1 is 0.936 bits per heavy atom. The van der Waals surface area contributed by atoms with Gasteiger partial charge in [0.25, 0.3) is 0 Å². The second-order valence-electron chi connectivity index (χ2n) is 13.2. The number of nitrogens with zero attached hydrogens (tertiary/aromatic N) is 2. The Kier molecular flexibility index (Phi) is 13.0. The number of amides is 4. The summed E-state index contributed by atoms with van der Waals surface area (Å²) in [5.41, 5.74) is 1.39. The van der Waals surface area contributed by atoms with E-state index in [0.29, 0.717) is 63.6 Å². The average molecular weight is 652 g/mol. The summed E-state index contributed by atoms with van der Waals surface area (Å²) in [7, 11) is 0. The Hall–Kier alpha value is -3.73. The minimum Gasteiger partial charge on any atom is -0.386 e. The van der Waals surface area contributed by atoms with Gasteiger partial charge in [-0.1, -0.05) is 65.2 Å². The lowest BCUT2D eigenvalue weighted by Crippen LogP contribution is -2.64. The molecule has 11 nitrogen and oxygen atoms in total. The number of fused-ring (bicyclic) bond motifs is 2. The number of carbonyl (C=O) groups is 5. The number of hydrogen-bond acceptors (Lipinski definition) is 6. The van der Waals surface area contributed by atoms with E-state index >= 15 is 0 Å². The molecule has 1 aromatic carbocycles. The van der Waals surface area contributed by atoms with Crippen LogP contribution < -0.4 is 16.0 Å². The monoisotopic (exact) mass is 651 g/mol. The van der Waals surface area contributed by atoms with E-state index in [1.54, 1.807) is 4.90 Å². The summed E-state index contributed by atoms with van der Waals surface area (Å²) in [4.78, 5) is 69.4. The molecule has 0 spiro atoms. The fourth-order valence-electron chi connectivity index (χ4n) is 6.79. The molecule has 2 aromatic rings. The van der Waals surface area contributed by atoms with Gasteiger partial charge in [0.2, 0.25) is 23.6 Å². The predicted octanol–water partition coefficient (Wildman–Crippen LogP) is 3.91. The summed E-state index contributed by atoms with van der Waals surface area (Å²) in [5, 5.41) is 21.3. The van der Waals surface area contributed by atoms with Crippen LogP contribution in [0.1, 0.15) is 110 Å². The van der Waals surface area contributed by atoms with Crippen molar-refractivity contribution in [1.29, 1.82) is 0 Å². The van der Waals surface area contributed by atoms with Crippen LogP contribution in [0.4, 0.5) is 0 Å². The minimum absolute atomic E-state index is 0.183. The normalized spacial score (nSPS) is 24.0. The summed E-state index contributed by atoms with van der Waals surface area (Å²) < 4.78 is 2.03. The van der Waals surface area contributed by atoms with E-state index in [9.17, 15) is 29.1 Å². The number of aliphatic hydroxyl groups is 1. The molecular weight excluding hydrogens is 598 g/mol. The van der Waals surface area contributed by atoms with Crippen LogP contribution in [0, 0.1) is 5.92 Å². The maximum Gasteiger partial charge on any atom is 0.246 e. The summed E-state index contributed by atoms with van der Waals surface area (Å²) in [6.45, 7) is 8.78. The zero-order chi connectivity index (χ0) is 34.1. The van der Waals surface area contributed by atoms with E-state index in [1.165, 1.54) is 0 Å². The average Bonchev–Trinajstić information content (AvgIpc) is 3.45. The van der Waals surface area contributed by atoms with Gasteiger partial charge in [-0.25, -0.2) is 0 Å². The van der Waals surface area contributed by atoms with E-state index in [2.05, 4.69) is 22.9 Å². The lowest BCUT2D eigenvalue weighted by molar-refractivity contribution is -0.148. The van der Waals surface area contributed by atoms with Crippen LogP contribution in [-0.4, -0.2) is 74.7 Å². The molecule has 0 radical (unpaired) electrons. The Labute approximate surface area is 278 Å². The van der Waals surface area contributed by atoms with Crippen molar-refractivity contribution < 1.29 is 29.1 Å². The van der Waals surface area contributed by atoms with Crippen LogP contribution in [0.5, 0.6) is 0 Å². The number of benzene rings is 1. The molecule has 2 aliphatic heterocycles. The minimum atomic E-state index is -1.43. The number of rotatable bonds is 13. The molecule has 6 atom stereocenters. The number of nitrogens with one attached hydrogen (secondary N) is 3. The molecule has 0 aliphatic carbocycles. The molecule has 1 aromatic heterocycles. The summed E-state index contributed by atoms with van der Waals surface area (Å²) in [5.74, 6) is -2.03. The first-order valence-corrected chi connectivity index (χ1v) is 17.6. The highest BCUT2D eigenvalue weighted by molar-refractivity contribution is 5.98. The summed E-state index contributed by atoms with van der Waals surface area (Å²) >= 11 is 0. The van der Waals surface area contributed by atoms with E-state index in [-0.39, 0.29) is 24.0 Å². The highest BCUT2D eigenvalue weighted by Crippen LogP contribution is 2.30. The van der Waals surface area contributed by atoms with Crippen LogP contribution in [-0.2, 0) is 30.5 Å². The zero-order valence-electron chi connectivity index (χ0n) is 28.4. The number of ketones is 1. The molecule has 0 saturated carbocycles. The molecule has 258 valence electrons. The first-order chi connectivity index (χ1) is 22.6. The Bertz CT molecular complexity index is 1420. The third-order valence-corrected chi connectivity index (χ3v) is 9.84. The number of piperidine rings is 1. The van der Waals surface area contributed by atoms with Crippen LogP contribution in [0.15, 0.2) is 30.5 Å². The molecule has 47 heavy (non-hydrogen) atoms. The number of para-hydroxylation sites is 1. The number of unbranched alkanes of at least 4 members (excludes halogenated alkanes) is 2. The number of aromatic nitrogens is 1. The van der Waals surface area contributed by atoms with Gasteiger partial charge in [-0.05, 0) is 50.5 Å². The first-order valence-electron chi connectivity index (χ1n) is 17.6. The summed E-state index contributed by atoms with van der Waals surface area (Å²) in [6, 6.07) is 3.50. The third kappa shape index (κ3) is 8.60. The Morgan fingerprint density at radius 3 is 2.40 bits per heavy atom. The standard InChI is InChI=1S/C36H53N5O6/c1-5-20-40-22-26(25-16-11-12-18-28(25)40)32(43)31-35(46)38-30(23(4)6-2)36(47)41-21-14-13-19-29(41)34(45)37-27(33(44)39-31)17-10-8-9-15-24(42)7-3/h11-12,16,18,22-23,27,29-32,43H,5-10,13-15,17,19-21H2,1-4H3,(H,37,45)(H,38,46)(H,39,44)/t23?,27-,29+,30-,31+,32?/m0/s1. The highest BCUT2D eigenvalue weighted by Gasteiger charge is 2.42. The SMILES string of the molecule is CCCn1cc(C(O)[C@H]2NC(=O)[C@H](CCCCCC(=O)CC)NC(=O)[C@H]3CCCCN3C(=O)[C@H](C(C)CC)NC2=O)c2ccccc21. The highest BCUT2D eigenvalue weighted by atomic mass is 16.3. The number of carbonyl (C=O) groups excluding carboxylic acids is 5. The van der Waals surface area contributed by atoms with Gasteiger partial charge < -0.3 is 30.5 Å². The molecular formula is C36H53N5O6. The molecule has 2 unspecified atom stereocenters. The van der Waals surface area contributed by atoms with Gasteiger partial charge in [0, 0.05) is 48.6 Å². The Morgan fingerprint density at radius 2 is 1.68 bits per heavy atom. The molecule has 2 saturated heterocycles. The van der Waals surface area contributed by atoms with Crippen molar-refractivity contribution in [1.82, 2.24) is 25.4 Å². The molecule has 3 heterocycles. The van der Waals surface area contributed by atoms with Crippen LogP contribution in [0.25, 0.3) is 10.9 Å². The lowest BCUT2D eigenvalue weighted by atomic mass is 9.92. The lowest BCUT2D eigenvalue weighted by Gasteiger charge is -2.40. The van der Waals surface area contributed by atoms with Gasteiger partial charge in [0.15, 0.2) is 0 Å². The smallest absolute Gasteiger partial charge is 0.246 e. The molecule has 4 N–H and O–H groups in total. The molecule has 2 fully saturated rings. The van der Waals surface area contributed by atoms with Crippen LogP contribution in [0.2, 0.25) is 0 Å². The van der Waals surface area contributed by atoms with Crippen molar-refractivity contribution in [3.05, 3.63) is 36.0 Å². The van der Waals surface area contributed by atoms with E-state index in [1.807, 2.05) is 55.8 Å². The number of aryl methyl sites for hydroxylation is 1. The van der Waals surface area contributed by atoms with Crippen molar-refractivity contribution in [2.24, 2.45) is 5.92 Å². The van der Waals surface area contributed by atoms with Crippen molar-refractivity contribution in [2.45, 2.75) is 135 Å². The number of Topliss-reactive ketones (excluding diaryl/α,β-unsaturated/α-hetero) is 1. The zero-order valence-corrected chi connectivity index (χ0v) is 28.4. The topological polar surface area (TPSA) is 150 Å².